The Kier molecular flexibility index (Phi) is 3.99. The van der Waals surface area contributed by atoms with Crippen molar-refractivity contribution in [2.45, 2.75) is 24.9 Å². The van der Waals surface area contributed by atoms with Crippen molar-refractivity contribution >= 4 is 0 Å². The Morgan fingerprint density at radius 2 is 2.35 bits per heavy atom. The second-order valence-electron chi connectivity index (χ2n) is 4.48. The van der Waals surface area contributed by atoms with Crippen molar-refractivity contribution in [1.82, 2.24) is 5.32 Å². The lowest BCUT2D eigenvalue weighted by Gasteiger charge is -2.21. The first kappa shape index (κ1) is 12.4. The molecule has 2 rings (SSSR count). The zero-order chi connectivity index (χ0) is 12.3. The molecule has 17 heavy (non-hydrogen) atoms. The molecule has 0 saturated heterocycles. The lowest BCUT2D eigenvalue weighted by molar-refractivity contribution is 0.122. The van der Waals surface area contributed by atoms with Crippen molar-refractivity contribution in [3.8, 4) is 5.75 Å². The Hall–Kier alpha value is -1.10. The molecular formula is C13H19NO3. The van der Waals surface area contributed by atoms with Crippen molar-refractivity contribution in [3.63, 3.8) is 0 Å². The smallest absolute Gasteiger partial charge is 0.115 e. The van der Waals surface area contributed by atoms with Crippen LogP contribution in [0.25, 0.3) is 0 Å². The van der Waals surface area contributed by atoms with Gasteiger partial charge in [-0.05, 0) is 36.1 Å². The highest BCUT2D eigenvalue weighted by Crippen LogP contribution is 2.33. The number of fused-ring (bicyclic) bond motifs is 1. The second-order valence-corrected chi connectivity index (χ2v) is 4.48. The van der Waals surface area contributed by atoms with Gasteiger partial charge in [0, 0.05) is 13.2 Å². The third-order valence-corrected chi connectivity index (χ3v) is 3.23. The molecule has 4 nitrogen and oxygen atoms in total. The average molecular weight is 237 g/mol. The van der Waals surface area contributed by atoms with Gasteiger partial charge in [0.1, 0.15) is 5.75 Å². The first-order valence-electron chi connectivity index (χ1n) is 5.92. The molecule has 3 N–H and O–H groups in total. The van der Waals surface area contributed by atoms with E-state index in [1.54, 1.807) is 13.2 Å². The molecule has 0 saturated carbocycles. The van der Waals surface area contributed by atoms with Crippen LogP contribution in [-0.4, -0.2) is 36.6 Å². The summed E-state index contributed by atoms with van der Waals surface area (Å²) in [7, 11) is 1.63. The van der Waals surface area contributed by atoms with Gasteiger partial charge in [0.2, 0.25) is 0 Å². The monoisotopic (exact) mass is 237 g/mol. The number of aryl methyl sites for hydroxylation is 1. The molecule has 0 fully saturated rings. The third-order valence-electron chi connectivity index (χ3n) is 3.23. The minimum atomic E-state index is -0.0373. The van der Waals surface area contributed by atoms with Crippen molar-refractivity contribution in [2.75, 3.05) is 20.3 Å². The molecule has 1 aromatic rings. The van der Waals surface area contributed by atoms with Crippen molar-refractivity contribution in [2.24, 2.45) is 0 Å². The summed E-state index contributed by atoms with van der Waals surface area (Å²) >= 11 is 0. The zero-order valence-corrected chi connectivity index (χ0v) is 10.0. The number of phenols is 1. The fraction of sp³-hybridized carbons (Fsp3) is 0.538. The van der Waals surface area contributed by atoms with E-state index in [1.165, 1.54) is 11.1 Å². The summed E-state index contributed by atoms with van der Waals surface area (Å²) in [5.41, 5.74) is 2.41. The van der Waals surface area contributed by atoms with Crippen LogP contribution in [0.3, 0.4) is 0 Å². The van der Waals surface area contributed by atoms with Crippen LogP contribution in [0.2, 0.25) is 0 Å². The van der Waals surface area contributed by atoms with Gasteiger partial charge < -0.3 is 20.3 Å². The van der Waals surface area contributed by atoms with E-state index in [0.29, 0.717) is 12.4 Å². The molecule has 0 bridgehead atoms. The first-order chi connectivity index (χ1) is 8.24. The number of phenolic OH excluding ortho intramolecular Hbond substituents is 1. The van der Waals surface area contributed by atoms with Crippen LogP contribution >= 0.6 is 0 Å². The minimum Gasteiger partial charge on any atom is -0.508 e. The molecule has 2 atom stereocenters. The molecule has 1 aliphatic carbocycles. The highest BCUT2D eigenvalue weighted by Gasteiger charge is 2.24. The molecule has 0 spiro atoms. The van der Waals surface area contributed by atoms with Gasteiger partial charge in [-0.3, -0.25) is 0 Å². The normalized spacial score (nSPS) is 20.2. The Morgan fingerprint density at radius 3 is 3.06 bits per heavy atom. The molecule has 0 aliphatic heterocycles. The van der Waals surface area contributed by atoms with Gasteiger partial charge in [0.25, 0.3) is 0 Å². The maximum absolute atomic E-state index is 9.41. The van der Waals surface area contributed by atoms with Gasteiger partial charge >= 0.3 is 0 Å². The summed E-state index contributed by atoms with van der Waals surface area (Å²) in [4.78, 5) is 0. The molecule has 0 amide bonds. The maximum atomic E-state index is 9.41. The molecule has 2 unspecified atom stereocenters. The second kappa shape index (κ2) is 5.49. The maximum Gasteiger partial charge on any atom is 0.115 e. The van der Waals surface area contributed by atoms with Crippen LogP contribution in [0.4, 0.5) is 0 Å². The van der Waals surface area contributed by atoms with Gasteiger partial charge in [-0.2, -0.15) is 0 Å². The molecule has 94 valence electrons. The molecule has 1 aromatic carbocycles. The number of ether oxygens (including phenoxy) is 1. The number of hydrogen-bond donors (Lipinski definition) is 3. The summed E-state index contributed by atoms with van der Waals surface area (Å²) in [6.45, 7) is 0.568. The lowest BCUT2D eigenvalue weighted by Crippen LogP contribution is -2.38. The van der Waals surface area contributed by atoms with Crippen LogP contribution in [-0.2, 0) is 11.2 Å². The van der Waals surface area contributed by atoms with E-state index in [1.807, 2.05) is 12.1 Å². The van der Waals surface area contributed by atoms with Gasteiger partial charge in [-0.25, -0.2) is 0 Å². The van der Waals surface area contributed by atoms with E-state index < -0.39 is 0 Å². The number of aromatic hydroxyl groups is 1. The fourth-order valence-corrected chi connectivity index (χ4v) is 2.42. The van der Waals surface area contributed by atoms with Crippen LogP contribution in [0.1, 0.15) is 23.6 Å². The predicted octanol–water partition coefficient (Wildman–Crippen LogP) is 0.976. The standard InChI is InChI=1S/C13H19NO3/c1-17-8-10(7-15)14-13-5-2-9-6-11(16)3-4-12(9)13/h3-4,6,10,13-16H,2,5,7-8H2,1H3. The van der Waals surface area contributed by atoms with Crippen LogP contribution in [0.15, 0.2) is 18.2 Å². The Labute approximate surface area is 101 Å². The van der Waals surface area contributed by atoms with Gasteiger partial charge in [-0.1, -0.05) is 6.07 Å². The molecule has 0 heterocycles. The number of aliphatic hydroxyl groups is 1. The van der Waals surface area contributed by atoms with E-state index in [9.17, 15) is 10.2 Å². The molecule has 1 aliphatic rings. The zero-order valence-electron chi connectivity index (χ0n) is 10.0. The number of benzene rings is 1. The quantitative estimate of drug-likeness (QED) is 0.714. The average Bonchev–Trinajstić information content (AvgIpc) is 2.71. The van der Waals surface area contributed by atoms with Gasteiger partial charge in [0.15, 0.2) is 0 Å². The molecule has 4 heteroatoms. The van der Waals surface area contributed by atoms with E-state index in [2.05, 4.69) is 5.32 Å². The van der Waals surface area contributed by atoms with E-state index in [4.69, 9.17) is 4.74 Å². The Bertz CT molecular complexity index is 381. The lowest BCUT2D eigenvalue weighted by atomic mass is 10.1. The summed E-state index contributed by atoms with van der Waals surface area (Å²) in [5, 5.41) is 22.0. The minimum absolute atomic E-state index is 0.0373. The summed E-state index contributed by atoms with van der Waals surface area (Å²) < 4.78 is 5.05. The van der Waals surface area contributed by atoms with Gasteiger partial charge in [-0.15, -0.1) is 0 Å². The Balaban J connectivity index is 2.06. The Morgan fingerprint density at radius 1 is 1.53 bits per heavy atom. The van der Waals surface area contributed by atoms with Crippen molar-refractivity contribution in [1.29, 1.82) is 0 Å². The van der Waals surface area contributed by atoms with Crippen LogP contribution in [0, 0.1) is 0 Å². The van der Waals surface area contributed by atoms with Gasteiger partial charge in [0.05, 0.1) is 19.3 Å². The fourth-order valence-electron chi connectivity index (χ4n) is 2.42. The highest BCUT2D eigenvalue weighted by atomic mass is 16.5. The molecular weight excluding hydrogens is 218 g/mol. The predicted molar refractivity (Wildman–Crippen MR) is 65.1 cm³/mol. The first-order valence-corrected chi connectivity index (χ1v) is 5.92. The summed E-state index contributed by atoms with van der Waals surface area (Å²) in [6, 6.07) is 5.70. The number of aliphatic hydroxyl groups excluding tert-OH is 1. The van der Waals surface area contributed by atoms with Crippen molar-refractivity contribution < 1.29 is 14.9 Å². The number of rotatable bonds is 5. The number of nitrogens with one attached hydrogen (secondary N) is 1. The van der Waals surface area contributed by atoms with E-state index in [-0.39, 0.29) is 18.7 Å². The SMILES string of the molecule is COCC(CO)NC1CCc2cc(O)ccc21. The largest absolute Gasteiger partial charge is 0.508 e. The molecule has 0 radical (unpaired) electrons. The van der Waals surface area contributed by atoms with Crippen LogP contribution < -0.4 is 5.32 Å². The molecule has 0 aromatic heterocycles. The van der Waals surface area contributed by atoms with Crippen molar-refractivity contribution in [3.05, 3.63) is 29.3 Å². The topological polar surface area (TPSA) is 61.7 Å². The summed E-state index contributed by atoms with van der Waals surface area (Å²) in [5.74, 6) is 0.319. The highest BCUT2D eigenvalue weighted by molar-refractivity contribution is 5.40. The summed E-state index contributed by atoms with van der Waals surface area (Å²) in [6.07, 6.45) is 1.96. The van der Waals surface area contributed by atoms with Crippen LogP contribution in [0.5, 0.6) is 5.75 Å². The van der Waals surface area contributed by atoms with E-state index in [0.717, 1.165) is 12.8 Å². The number of methoxy groups -OCH3 is 1. The number of hydrogen-bond acceptors (Lipinski definition) is 4. The third kappa shape index (κ3) is 2.77. The van der Waals surface area contributed by atoms with E-state index >= 15 is 0 Å².